The van der Waals surface area contributed by atoms with E-state index in [2.05, 4.69) is 5.32 Å². The van der Waals surface area contributed by atoms with Crippen molar-refractivity contribution in [2.45, 2.75) is 25.7 Å². The molecule has 4 rings (SSSR count). The number of rotatable bonds is 5. The van der Waals surface area contributed by atoms with Crippen LogP contribution in [0.2, 0.25) is 10.0 Å². The molecule has 1 aliphatic heterocycles. The second kappa shape index (κ2) is 10.0. The molecule has 0 atom stereocenters. The highest BCUT2D eigenvalue weighted by Gasteiger charge is 2.37. The number of hydrogen-bond donors (Lipinski definition) is 1. The van der Waals surface area contributed by atoms with Crippen LogP contribution in [-0.2, 0) is 19.7 Å². The van der Waals surface area contributed by atoms with Crippen LogP contribution < -0.4 is 14.4 Å². The highest BCUT2D eigenvalue weighted by atomic mass is 35.5. The summed E-state index contributed by atoms with van der Waals surface area (Å²) in [5.41, 5.74) is 2.38. The molecule has 1 saturated heterocycles. The molecule has 3 aromatic rings. The predicted octanol–water partition coefficient (Wildman–Crippen LogP) is 5.35. The van der Waals surface area contributed by atoms with E-state index >= 15 is 0 Å². The maximum atomic E-state index is 13.3. The molecule has 1 N–H and O–H groups in total. The number of halogens is 2. The molecule has 1 heterocycles. The molecule has 4 amide bonds. The van der Waals surface area contributed by atoms with Crippen LogP contribution in [0.1, 0.15) is 22.3 Å². The number of anilines is 1. The number of urea groups is 1. The van der Waals surface area contributed by atoms with Crippen LogP contribution >= 0.6 is 23.2 Å². The Bertz CT molecular complexity index is 1600. The van der Waals surface area contributed by atoms with Gasteiger partial charge in [-0.1, -0.05) is 47.0 Å². The lowest BCUT2D eigenvalue weighted by atomic mass is 10.0. The zero-order valence-corrected chi connectivity index (χ0v) is 22.2. The summed E-state index contributed by atoms with van der Waals surface area (Å²) >= 11 is 12.4. The Morgan fingerprint density at radius 2 is 1.57 bits per heavy atom. The molecule has 0 unspecified atom stereocenters. The lowest BCUT2D eigenvalue weighted by Crippen LogP contribution is -2.54. The van der Waals surface area contributed by atoms with E-state index in [9.17, 15) is 22.8 Å². The van der Waals surface area contributed by atoms with Crippen LogP contribution in [0.25, 0.3) is 6.08 Å². The van der Waals surface area contributed by atoms with Gasteiger partial charge in [0.25, 0.3) is 11.8 Å². The number of hydrogen-bond acceptors (Lipinski definition) is 6. The zero-order chi connectivity index (χ0) is 27.1. The number of amides is 4. The number of benzene rings is 3. The quantitative estimate of drug-likeness (QED) is 0.256. The highest BCUT2D eigenvalue weighted by Crippen LogP contribution is 2.36. The van der Waals surface area contributed by atoms with Gasteiger partial charge < -0.3 is 4.18 Å². The first-order chi connectivity index (χ1) is 17.4. The van der Waals surface area contributed by atoms with Gasteiger partial charge in [0.15, 0.2) is 5.75 Å². The molecule has 0 bridgehead atoms. The van der Waals surface area contributed by atoms with Crippen molar-refractivity contribution < 1.29 is 27.0 Å². The normalized spacial score (nSPS) is 15.2. The van der Waals surface area contributed by atoms with Gasteiger partial charge in [-0.05, 0) is 74.4 Å². The van der Waals surface area contributed by atoms with Gasteiger partial charge in [-0.3, -0.25) is 14.9 Å². The van der Waals surface area contributed by atoms with Crippen molar-refractivity contribution in [3.63, 3.8) is 0 Å². The van der Waals surface area contributed by atoms with Crippen molar-refractivity contribution in [1.82, 2.24) is 5.32 Å². The molecule has 1 aliphatic rings. The van der Waals surface area contributed by atoms with E-state index < -0.39 is 33.5 Å². The van der Waals surface area contributed by atoms with Crippen molar-refractivity contribution in [3.05, 3.63) is 92.5 Å². The SMILES string of the molecule is Cc1ccc(S(=O)(=O)Oc2c(Cl)cc(Cl)cc2/C=C2\C(=O)NC(=O)N(c3ccc(C)c(C)c3)C2=O)cc1. The Kier molecular flexibility index (Phi) is 7.14. The fourth-order valence-corrected chi connectivity index (χ4v) is 5.11. The zero-order valence-electron chi connectivity index (χ0n) is 19.8. The fraction of sp³-hybridized carbons (Fsp3) is 0.115. The van der Waals surface area contributed by atoms with Crippen molar-refractivity contribution >= 4 is 62.9 Å². The monoisotopic (exact) mass is 558 g/mol. The Morgan fingerprint density at radius 3 is 2.22 bits per heavy atom. The van der Waals surface area contributed by atoms with Gasteiger partial charge in [0.2, 0.25) is 0 Å². The van der Waals surface area contributed by atoms with Gasteiger partial charge in [0, 0.05) is 10.6 Å². The summed E-state index contributed by atoms with van der Waals surface area (Å²) < 4.78 is 31.2. The van der Waals surface area contributed by atoms with Crippen molar-refractivity contribution in [2.75, 3.05) is 4.90 Å². The molecule has 0 saturated carbocycles. The average molecular weight is 559 g/mol. The third kappa shape index (κ3) is 5.39. The lowest BCUT2D eigenvalue weighted by Gasteiger charge is -2.27. The maximum Gasteiger partial charge on any atom is 0.339 e. The maximum absolute atomic E-state index is 13.3. The van der Waals surface area contributed by atoms with Crippen molar-refractivity contribution in [1.29, 1.82) is 0 Å². The number of aryl methyl sites for hydroxylation is 3. The molecule has 0 spiro atoms. The first-order valence-electron chi connectivity index (χ1n) is 10.9. The molecular formula is C26H20Cl2N2O6S. The standard InChI is InChI=1S/C26H20Cl2N2O6S/c1-14-4-8-20(9-5-14)37(34,35)36-23-17(11-18(27)13-22(23)28)12-21-24(31)29-26(33)30(25(21)32)19-7-6-15(2)16(3)10-19/h4-13H,1-3H3,(H,29,31,33)/b21-12+. The minimum absolute atomic E-state index is 0.0546. The molecule has 1 fully saturated rings. The summed E-state index contributed by atoms with van der Waals surface area (Å²) in [5.74, 6) is -2.23. The van der Waals surface area contributed by atoms with Gasteiger partial charge in [0.05, 0.1) is 10.7 Å². The Morgan fingerprint density at radius 1 is 0.892 bits per heavy atom. The number of nitrogens with one attached hydrogen (secondary N) is 1. The number of nitrogens with zero attached hydrogens (tertiary/aromatic N) is 1. The molecule has 0 radical (unpaired) electrons. The second-order valence-electron chi connectivity index (χ2n) is 8.38. The smallest absolute Gasteiger partial charge is 0.339 e. The van der Waals surface area contributed by atoms with Crippen LogP contribution in [0.15, 0.2) is 65.1 Å². The number of barbiturate groups is 1. The topological polar surface area (TPSA) is 110 Å². The lowest BCUT2D eigenvalue weighted by molar-refractivity contribution is -0.122. The molecule has 3 aromatic carbocycles. The molecule has 11 heteroatoms. The van der Waals surface area contributed by atoms with Crippen LogP contribution in [0.5, 0.6) is 5.75 Å². The predicted molar refractivity (Wildman–Crippen MR) is 140 cm³/mol. The molecule has 0 aromatic heterocycles. The molecule has 190 valence electrons. The average Bonchev–Trinajstić information content (AvgIpc) is 2.81. The van der Waals surface area contributed by atoms with E-state index in [0.29, 0.717) is 0 Å². The van der Waals surface area contributed by atoms with Crippen LogP contribution in [0, 0.1) is 20.8 Å². The minimum atomic E-state index is -4.33. The molecular weight excluding hydrogens is 539 g/mol. The molecule has 8 nitrogen and oxygen atoms in total. The first kappa shape index (κ1) is 26.4. The first-order valence-corrected chi connectivity index (χ1v) is 13.0. The number of imide groups is 2. The third-order valence-electron chi connectivity index (χ3n) is 5.69. The van der Waals surface area contributed by atoms with E-state index in [4.69, 9.17) is 27.4 Å². The molecule has 0 aliphatic carbocycles. The molecule has 37 heavy (non-hydrogen) atoms. The van der Waals surface area contributed by atoms with Crippen LogP contribution in [0.4, 0.5) is 10.5 Å². The summed E-state index contributed by atoms with van der Waals surface area (Å²) in [6, 6.07) is 12.5. The van der Waals surface area contributed by atoms with Crippen molar-refractivity contribution in [2.24, 2.45) is 0 Å². The van der Waals surface area contributed by atoms with Gasteiger partial charge in [-0.15, -0.1) is 0 Å². The van der Waals surface area contributed by atoms with Crippen LogP contribution in [-0.4, -0.2) is 26.3 Å². The van der Waals surface area contributed by atoms with Gasteiger partial charge in [-0.25, -0.2) is 9.69 Å². The van der Waals surface area contributed by atoms with Crippen LogP contribution in [0.3, 0.4) is 0 Å². The largest absolute Gasteiger partial charge is 0.377 e. The third-order valence-corrected chi connectivity index (χ3v) is 7.42. The van der Waals surface area contributed by atoms with Gasteiger partial charge in [0.1, 0.15) is 10.5 Å². The van der Waals surface area contributed by atoms with E-state index in [1.165, 1.54) is 24.3 Å². The Balaban J connectivity index is 1.79. The number of carbonyl (C=O) groups is 3. The fourth-order valence-electron chi connectivity index (χ4n) is 3.55. The summed E-state index contributed by atoms with van der Waals surface area (Å²) in [4.78, 5) is 39.2. The summed E-state index contributed by atoms with van der Waals surface area (Å²) in [6.45, 7) is 5.50. The summed E-state index contributed by atoms with van der Waals surface area (Å²) in [7, 11) is -4.33. The summed E-state index contributed by atoms with van der Waals surface area (Å²) in [6.07, 6.45) is 1.08. The van der Waals surface area contributed by atoms with Gasteiger partial charge >= 0.3 is 16.1 Å². The summed E-state index contributed by atoms with van der Waals surface area (Å²) in [5, 5.41) is 2.06. The van der Waals surface area contributed by atoms with E-state index in [-0.39, 0.29) is 31.9 Å². The van der Waals surface area contributed by atoms with Gasteiger partial charge in [-0.2, -0.15) is 8.42 Å². The Hall–Kier alpha value is -3.66. The number of carbonyl (C=O) groups excluding carboxylic acids is 3. The second-order valence-corrected chi connectivity index (χ2v) is 10.8. The van der Waals surface area contributed by atoms with E-state index in [0.717, 1.165) is 27.7 Å². The Labute approximate surface area is 223 Å². The minimum Gasteiger partial charge on any atom is -0.377 e. The van der Waals surface area contributed by atoms with Crippen molar-refractivity contribution in [3.8, 4) is 5.75 Å². The highest BCUT2D eigenvalue weighted by molar-refractivity contribution is 7.87. The van der Waals surface area contributed by atoms with E-state index in [1.807, 2.05) is 13.8 Å². The van der Waals surface area contributed by atoms with E-state index in [1.54, 1.807) is 37.3 Å².